The summed E-state index contributed by atoms with van der Waals surface area (Å²) in [5.74, 6) is -0.401. The fourth-order valence-corrected chi connectivity index (χ4v) is 1.43. The molecule has 80 valence electrons. The van der Waals surface area contributed by atoms with Crippen molar-refractivity contribution in [2.75, 3.05) is 0 Å². The Balaban J connectivity index is 2.15. The predicted octanol–water partition coefficient (Wildman–Crippen LogP) is 0.742. The number of hydrogen-bond acceptors (Lipinski definition) is 3. The largest absolute Gasteiger partial charge is 0.476 e. The minimum atomic E-state index is -1.10. The molecular formula is C10H12N2O3. The van der Waals surface area contributed by atoms with Crippen molar-refractivity contribution in [2.45, 2.75) is 25.8 Å². The van der Waals surface area contributed by atoms with Gasteiger partial charge in [0.05, 0.1) is 0 Å². The number of nitrogens with zero attached hydrogens (tertiary/aromatic N) is 2. The second kappa shape index (κ2) is 3.84. The zero-order chi connectivity index (χ0) is 10.8. The lowest BCUT2D eigenvalue weighted by Gasteiger charge is -2.03. The van der Waals surface area contributed by atoms with Crippen LogP contribution in [0.2, 0.25) is 0 Å². The van der Waals surface area contributed by atoms with Gasteiger partial charge in [-0.05, 0) is 18.4 Å². The molecular weight excluding hydrogens is 196 g/mol. The van der Waals surface area contributed by atoms with Crippen molar-refractivity contribution in [3.63, 3.8) is 0 Å². The molecule has 1 aromatic rings. The number of aromatic nitrogens is 2. The Morgan fingerprint density at radius 1 is 1.53 bits per heavy atom. The van der Waals surface area contributed by atoms with Gasteiger partial charge in [-0.1, -0.05) is 12.8 Å². The first kappa shape index (κ1) is 9.89. The van der Waals surface area contributed by atoms with Crippen LogP contribution >= 0.6 is 0 Å². The third-order valence-corrected chi connectivity index (χ3v) is 2.53. The first-order valence-corrected chi connectivity index (χ1v) is 4.98. The minimum Gasteiger partial charge on any atom is -0.476 e. The average molecular weight is 208 g/mol. The van der Waals surface area contributed by atoms with Gasteiger partial charge < -0.3 is 5.11 Å². The smallest absolute Gasteiger partial charge is 0.356 e. The number of carboxylic acid groups (broad SMARTS) is 1. The first-order chi connectivity index (χ1) is 7.16. The summed E-state index contributed by atoms with van der Waals surface area (Å²) in [6.07, 6.45) is 3.34. The second-order valence-corrected chi connectivity index (χ2v) is 3.82. The Hall–Kier alpha value is -1.65. The highest BCUT2D eigenvalue weighted by molar-refractivity contribution is 5.84. The molecule has 1 aromatic heterocycles. The Bertz CT molecular complexity index is 435. The Morgan fingerprint density at radius 3 is 2.87 bits per heavy atom. The van der Waals surface area contributed by atoms with E-state index in [1.807, 2.05) is 0 Å². The van der Waals surface area contributed by atoms with E-state index in [1.54, 1.807) is 0 Å². The molecule has 1 aliphatic rings. The van der Waals surface area contributed by atoms with Gasteiger partial charge in [-0.2, -0.15) is 5.10 Å². The highest BCUT2D eigenvalue weighted by Gasteiger charge is 2.21. The molecule has 2 rings (SSSR count). The molecule has 1 heterocycles. The lowest BCUT2D eigenvalue weighted by atomic mass is 10.3. The van der Waals surface area contributed by atoms with Crippen LogP contribution in [0.15, 0.2) is 16.9 Å². The van der Waals surface area contributed by atoms with E-state index >= 15 is 0 Å². The Morgan fingerprint density at radius 2 is 2.27 bits per heavy atom. The van der Waals surface area contributed by atoms with Crippen LogP contribution in [0.3, 0.4) is 0 Å². The van der Waals surface area contributed by atoms with Gasteiger partial charge in [0.25, 0.3) is 5.56 Å². The molecule has 0 atom stereocenters. The fourth-order valence-electron chi connectivity index (χ4n) is 1.43. The molecule has 0 bridgehead atoms. The van der Waals surface area contributed by atoms with Crippen LogP contribution in [0.1, 0.15) is 29.8 Å². The molecule has 5 nitrogen and oxygen atoms in total. The van der Waals surface area contributed by atoms with Crippen LogP contribution in [0.5, 0.6) is 0 Å². The van der Waals surface area contributed by atoms with E-state index in [1.165, 1.54) is 29.7 Å². The van der Waals surface area contributed by atoms with Gasteiger partial charge in [0.15, 0.2) is 5.69 Å². The average Bonchev–Trinajstić information content (AvgIpc) is 3.00. The van der Waals surface area contributed by atoms with Gasteiger partial charge in [0.1, 0.15) is 0 Å². The summed E-state index contributed by atoms with van der Waals surface area (Å²) < 4.78 is 1.24. The van der Waals surface area contributed by atoms with Gasteiger partial charge in [0, 0.05) is 12.6 Å². The first-order valence-electron chi connectivity index (χ1n) is 4.98. The summed E-state index contributed by atoms with van der Waals surface area (Å²) in [6.45, 7) is 0.518. The zero-order valence-corrected chi connectivity index (χ0v) is 8.22. The van der Waals surface area contributed by atoms with Crippen LogP contribution in [-0.2, 0) is 6.54 Å². The van der Waals surface area contributed by atoms with E-state index in [2.05, 4.69) is 5.10 Å². The third-order valence-electron chi connectivity index (χ3n) is 2.53. The van der Waals surface area contributed by atoms with Crippen LogP contribution in [0.25, 0.3) is 0 Å². The molecule has 0 saturated heterocycles. The third kappa shape index (κ3) is 2.43. The number of aryl methyl sites for hydroxylation is 1. The van der Waals surface area contributed by atoms with E-state index in [-0.39, 0.29) is 11.3 Å². The van der Waals surface area contributed by atoms with Crippen LogP contribution < -0.4 is 5.56 Å². The maximum absolute atomic E-state index is 11.3. The predicted molar refractivity (Wildman–Crippen MR) is 52.8 cm³/mol. The molecule has 0 unspecified atom stereocenters. The normalized spacial score (nSPS) is 15.2. The topological polar surface area (TPSA) is 72.2 Å². The molecule has 5 heteroatoms. The summed E-state index contributed by atoms with van der Waals surface area (Å²) in [6, 6.07) is 2.49. The van der Waals surface area contributed by atoms with Crippen molar-refractivity contribution in [3.05, 3.63) is 28.2 Å². The maximum atomic E-state index is 11.3. The van der Waals surface area contributed by atoms with E-state index in [0.29, 0.717) is 12.5 Å². The zero-order valence-electron chi connectivity index (χ0n) is 8.22. The Kier molecular flexibility index (Phi) is 2.53. The van der Waals surface area contributed by atoms with Crippen LogP contribution in [0, 0.1) is 5.92 Å². The maximum Gasteiger partial charge on any atom is 0.356 e. The van der Waals surface area contributed by atoms with E-state index in [0.717, 1.165) is 6.42 Å². The van der Waals surface area contributed by atoms with Gasteiger partial charge in [0.2, 0.25) is 0 Å². The molecule has 1 saturated carbocycles. The van der Waals surface area contributed by atoms with Crippen molar-refractivity contribution in [2.24, 2.45) is 5.92 Å². The minimum absolute atomic E-state index is 0.0783. The molecule has 0 aliphatic heterocycles. The summed E-state index contributed by atoms with van der Waals surface area (Å²) in [7, 11) is 0. The standard InChI is InChI=1S/C10H12N2O3/c13-9-4-3-8(10(14)15)11-12(9)6-5-7-1-2-7/h3-4,7H,1-2,5-6H2,(H,14,15). The van der Waals surface area contributed by atoms with E-state index in [4.69, 9.17) is 5.11 Å². The number of rotatable bonds is 4. The van der Waals surface area contributed by atoms with Crippen molar-refractivity contribution in [3.8, 4) is 0 Å². The second-order valence-electron chi connectivity index (χ2n) is 3.82. The van der Waals surface area contributed by atoms with Crippen LogP contribution in [0.4, 0.5) is 0 Å². The summed E-state index contributed by atoms with van der Waals surface area (Å²) >= 11 is 0. The molecule has 1 N–H and O–H groups in total. The van der Waals surface area contributed by atoms with Gasteiger partial charge in [-0.15, -0.1) is 0 Å². The highest BCUT2D eigenvalue weighted by Crippen LogP contribution is 2.32. The van der Waals surface area contributed by atoms with Crippen molar-refractivity contribution >= 4 is 5.97 Å². The summed E-state index contributed by atoms with van der Waals surface area (Å²) in [4.78, 5) is 22.0. The molecule has 1 fully saturated rings. The van der Waals surface area contributed by atoms with Gasteiger partial charge >= 0.3 is 5.97 Å². The van der Waals surface area contributed by atoms with Crippen molar-refractivity contribution in [1.82, 2.24) is 9.78 Å². The number of aromatic carboxylic acids is 1. The summed E-state index contributed by atoms with van der Waals surface area (Å²) in [5, 5.41) is 12.5. The number of carboxylic acids is 1. The quantitative estimate of drug-likeness (QED) is 0.792. The molecule has 0 spiro atoms. The van der Waals surface area contributed by atoms with E-state index in [9.17, 15) is 9.59 Å². The fraction of sp³-hybridized carbons (Fsp3) is 0.500. The monoisotopic (exact) mass is 208 g/mol. The lowest BCUT2D eigenvalue weighted by Crippen LogP contribution is -2.24. The van der Waals surface area contributed by atoms with Crippen LogP contribution in [-0.4, -0.2) is 20.9 Å². The van der Waals surface area contributed by atoms with Gasteiger partial charge in [-0.25, -0.2) is 9.48 Å². The van der Waals surface area contributed by atoms with E-state index < -0.39 is 5.97 Å². The molecule has 0 radical (unpaired) electrons. The summed E-state index contributed by atoms with van der Waals surface area (Å²) in [5.41, 5.74) is -0.314. The highest BCUT2D eigenvalue weighted by atomic mass is 16.4. The molecule has 15 heavy (non-hydrogen) atoms. The SMILES string of the molecule is O=C(O)c1ccc(=O)n(CCC2CC2)n1. The van der Waals surface area contributed by atoms with Crippen molar-refractivity contribution < 1.29 is 9.90 Å². The molecule has 0 aromatic carbocycles. The molecule has 1 aliphatic carbocycles. The van der Waals surface area contributed by atoms with Crippen molar-refractivity contribution in [1.29, 1.82) is 0 Å². The lowest BCUT2D eigenvalue weighted by molar-refractivity contribution is 0.0687. The number of hydrogen-bond donors (Lipinski definition) is 1. The Labute approximate surface area is 86.4 Å². The number of carbonyl (C=O) groups is 1. The molecule has 0 amide bonds. The van der Waals surface area contributed by atoms with Gasteiger partial charge in [-0.3, -0.25) is 4.79 Å².